The molecule has 0 aromatic heterocycles. The van der Waals surface area contributed by atoms with Gasteiger partial charge in [0.2, 0.25) is 11.8 Å². The summed E-state index contributed by atoms with van der Waals surface area (Å²) in [4.78, 5) is 41.8. The number of hydrogen-bond acceptors (Lipinski definition) is 3. The maximum Gasteiger partial charge on any atom is 0.256 e. The van der Waals surface area contributed by atoms with E-state index in [-0.39, 0.29) is 17.7 Å². The van der Waals surface area contributed by atoms with Crippen LogP contribution in [0.1, 0.15) is 56.8 Å². The van der Waals surface area contributed by atoms with E-state index in [1.165, 1.54) is 0 Å². The van der Waals surface area contributed by atoms with Crippen LogP contribution in [0, 0.1) is 11.8 Å². The Morgan fingerprint density at radius 2 is 1.86 bits per heavy atom. The predicted octanol–water partition coefficient (Wildman–Crippen LogP) is 3.80. The van der Waals surface area contributed by atoms with Crippen molar-refractivity contribution in [2.45, 2.75) is 52.5 Å². The standard InChI is InChI=1S/C22H30ClN3O3/c1-4-20(27)26-9-5-6-19(26)21(28)24-18-8-7-16(23)11-17(18)22(29)25-12-14(2)10-15(3)13-25/h7-8,11,14-15,19H,4-6,9-10,12-13H2,1-3H3,(H,24,28)/t14-,15+,19?. The van der Waals surface area contributed by atoms with Gasteiger partial charge in [0.05, 0.1) is 11.3 Å². The number of hydrogen-bond donors (Lipinski definition) is 1. The monoisotopic (exact) mass is 419 g/mol. The maximum absolute atomic E-state index is 13.2. The number of benzene rings is 1. The molecule has 7 heteroatoms. The molecule has 2 aliphatic rings. The second-order valence-electron chi connectivity index (χ2n) is 8.43. The van der Waals surface area contributed by atoms with Gasteiger partial charge in [0.25, 0.3) is 5.91 Å². The summed E-state index contributed by atoms with van der Waals surface area (Å²) in [6.07, 6.45) is 2.92. The molecule has 29 heavy (non-hydrogen) atoms. The number of amides is 3. The molecule has 1 N–H and O–H groups in total. The summed E-state index contributed by atoms with van der Waals surface area (Å²) in [5.74, 6) is 0.487. The molecule has 158 valence electrons. The Balaban J connectivity index is 1.81. The Kier molecular flexibility index (Phi) is 6.83. The topological polar surface area (TPSA) is 69.7 Å². The van der Waals surface area contributed by atoms with Gasteiger partial charge in [0, 0.05) is 31.1 Å². The Morgan fingerprint density at radius 1 is 1.17 bits per heavy atom. The van der Waals surface area contributed by atoms with Crippen molar-refractivity contribution >= 4 is 35.0 Å². The largest absolute Gasteiger partial charge is 0.338 e. The van der Waals surface area contributed by atoms with Gasteiger partial charge in [-0.2, -0.15) is 0 Å². The second kappa shape index (κ2) is 9.16. The summed E-state index contributed by atoms with van der Waals surface area (Å²) in [5.41, 5.74) is 0.851. The van der Waals surface area contributed by atoms with E-state index >= 15 is 0 Å². The van der Waals surface area contributed by atoms with E-state index in [0.29, 0.717) is 60.6 Å². The predicted molar refractivity (Wildman–Crippen MR) is 114 cm³/mol. The average molecular weight is 420 g/mol. The SMILES string of the molecule is CCC(=O)N1CCCC1C(=O)Nc1ccc(Cl)cc1C(=O)N1C[C@H](C)C[C@H](C)C1. The van der Waals surface area contributed by atoms with Crippen molar-refractivity contribution in [1.29, 1.82) is 0 Å². The molecule has 2 fully saturated rings. The lowest BCUT2D eigenvalue weighted by molar-refractivity contribution is -0.136. The molecule has 2 saturated heterocycles. The average Bonchev–Trinajstić information content (AvgIpc) is 3.17. The third kappa shape index (κ3) is 4.92. The number of likely N-dealkylation sites (tertiary alicyclic amines) is 2. The number of rotatable bonds is 4. The lowest BCUT2D eigenvalue weighted by Gasteiger charge is -2.35. The molecule has 1 aromatic rings. The van der Waals surface area contributed by atoms with Gasteiger partial charge < -0.3 is 15.1 Å². The normalized spacial score (nSPS) is 24.5. The fourth-order valence-electron chi connectivity index (χ4n) is 4.56. The van der Waals surface area contributed by atoms with Gasteiger partial charge in [-0.3, -0.25) is 14.4 Å². The minimum atomic E-state index is -0.490. The Labute approximate surface area is 177 Å². The molecule has 1 aromatic carbocycles. The van der Waals surface area contributed by atoms with E-state index in [9.17, 15) is 14.4 Å². The fourth-order valence-corrected chi connectivity index (χ4v) is 4.73. The van der Waals surface area contributed by atoms with Gasteiger partial charge in [-0.1, -0.05) is 32.4 Å². The molecule has 3 atom stereocenters. The van der Waals surface area contributed by atoms with Crippen LogP contribution in [0.15, 0.2) is 18.2 Å². The zero-order chi connectivity index (χ0) is 21.1. The van der Waals surface area contributed by atoms with Crippen LogP contribution in [0.25, 0.3) is 0 Å². The number of nitrogens with one attached hydrogen (secondary N) is 1. The van der Waals surface area contributed by atoms with Gasteiger partial charge in [-0.25, -0.2) is 0 Å². The third-order valence-electron chi connectivity index (χ3n) is 5.80. The maximum atomic E-state index is 13.2. The molecule has 0 saturated carbocycles. The van der Waals surface area contributed by atoms with E-state index in [2.05, 4.69) is 19.2 Å². The minimum absolute atomic E-state index is 0.0219. The molecule has 3 amide bonds. The van der Waals surface area contributed by atoms with E-state index in [4.69, 9.17) is 11.6 Å². The highest BCUT2D eigenvalue weighted by Crippen LogP contribution is 2.28. The Bertz CT molecular complexity index is 788. The Hall–Kier alpha value is -2.08. The van der Waals surface area contributed by atoms with E-state index in [1.807, 2.05) is 4.90 Å². The first-order valence-corrected chi connectivity index (χ1v) is 10.9. The summed E-state index contributed by atoms with van der Waals surface area (Å²) in [6.45, 7) is 8.09. The van der Waals surface area contributed by atoms with E-state index in [0.717, 1.165) is 12.8 Å². The first kappa shape index (κ1) is 21.6. The van der Waals surface area contributed by atoms with Crippen molar-refractivity contribution in [1.82, 2.24) is 9.80 Å². The molecule has 2 aliphatic heterocycles. The van der Waals surface area contributed by atoms with Crippen molar-refractivity contribution < 1.29 is 14.4 Å². The molecule has 0 aliphatic carbocycles. The molecule has 2 heterocycles. The molecule has 0 bridgehead atoms. The minimum Gasteiger partial charge on any atom is -0.338 e. The first-order valence-electron chi connectivity index (χ1n) is 10.5. The van der Waals surface area contributed by atoms with E-state index in [1.54, 1.807) is 30.0 Å². The van der Waals surface area contributed by atoms with Crippen LogP contribution in [0.5, 0.6) is 0 Å². The number of carbonyl (C=O) groups excluding carboxylic acids is 3. The lowest BCUT2D eigenvalue weighted by atomic mass is 9.91. The van der Waals surface area contributed by atoms with Crippen LogP contribution in [-0.2, 0) is 9.59 Å². The van der Waals surface area contributed by atoms with Crippen molar-refractivity contribution in [3.8, 4) is 0 Å². The number of halogens is 1. The van der Waals surface area contributed by atoms with Gasteiger partial charge in [-0.15, -0.1) is 0 Å². The van der Waals surface area contributed by atoms with Crippen LogP contribution in [0.2, 0.25) is 5.02 Å². The molecular weight excluding hydrogens is 390 g/mol. The molecular formula is C22H30ClN3O3. The summed E-state index contributed by atoms with van der Waals surface area (Å²) in [6, 6.07) is 4.47. The second-order valence-corrected chi connectivity index (χ2v) is 8.87. The van der Waals surface area contributed by atoms with Gasteiger partial charge in [0.15, 0.2) is 0 Å². The zero-order valence-electron chi connectivity index (χ0n) is 17.4. The van der Waals surface area contributed by atoms with Crippen LogP contribution < -0.4 is 5.32 Å². The highest BCUT2D eigenvalue weighted by Gasteiger charge is 2.34. The summed E-state index contributed by atoms with van der Waals surface area (Å²) < 4.78 is 0. The van der Waals surface area contributed by atoms with Crippen LogP contribution in [0.4, 0.5) is 5.69 Å². The highest BCUT2D eigenvalue weighted by molar-refractivity contribution is 6.31. The number of nitrogens with zero attached hydrogens (tertiary/aromatic N) is 2. The molecule has 6 nitrogen and oxygen atoms in total. The molecule has 3 rings (SSSR count). The number of carbonyl (C=O) groups is 3. The summed E-state index contributed by atoms with van der Waals surface area (Å²) in [7, 11) is 0. The third-order valence-corrected chi connectivity index (χ3v) is 6.04. The highest BCUT2D eigenvalue weighted by atomic mass is 35.5. The first-order chi connectivity index (χ1) is 13.8. The smallest absolute Gasteiger partial charge is 0.256 e. The van der Waals surface area contributed by atoms with Crippen molar-refractivity contribution in [2.75, 3.05) is 25.0 Å². The van der Waals surface area contributed by atoms with Crippen LogP contribution >= 0.6 is 11.6 Å². The van der Waals surface area contributed by atoms with Crippen molar-refractivity contribution in [3.05, 3.63) is 28.8 Å². The molecule has 0 radical (unpaired) electrons. The van der Waals surface area contributed by atoms with Crippen LogP contribution in [-0.4, -0.2) is 53.2 Å². The molecule has 1 unspecified atom stereocenters. The number of piperidine rings is 1. The zero-order valence-corrected chi connectivity index (χ0v) is 18.2. The van der Waals surface area contributed by atoms with Crippen molar-refractivity contribution in [3.63, 3.8) is 0 Å². The summed E-state index contributed by atoms with van der Waals surface area (Å²) >= 11 is 6.17. The summed E-state index contributed by atoms with van der Waals surface area (Å²) in [5, 5.41) is 3.34. The quantitative estimate of drug-likeness (QED) is 0.806. The number of anilines is 1. The lowest BCUT2D eigenvalue weighted by Crippen LogP contribution is -2.44. The van der Waals surface area contributed by atoms with Crippen molar-refractivity contribution in [2.24, 2.45) is 11.8 Å². The van der Waals surface area contributed by atoms with E-state index < -0.39 is 6.04 Å². The Morgan fingerprint density at radius 3 is 2.52 bits per heavy atom. The molecule has 0 spiro atoms. The van der Waals surface area contributed by atoms with Gasteiger partial charge >= 0.3 is 0 Å². The fraction of sp³-hybridized carbons (Fsp3) is 0.591. The van der Waals surface area contributed by atoms with Crippen LogP contribution in [0.3, 0.4) is 0 Å². The van der Waals surface area contributed by atoms with Gasteiger partial charge in [0.1, 0.15) is 6.04 Å². The van der Waals surface area contributed by atoms with Gasteiger partial charge in [-0.05, 0) is 49.3 Å².